The fourth-order valence-corrected chi connectivity index (χ4v) is 3.81. The van der Waals surface area contributed by atoms with E-state index in [1.54, 1.807) is 11.8 Å². The number of hydrogen-bond donors (Lipinski definition) is 3. The van der Waals surface area contributed by atoms with Gasteiger partial charge < -0.3 is 10.4 Å². The Labute approximate surface area is 150 Å². The van der Waals surface area contributed by atoms with Crippen LogP contribution in [0.5, 0.6) is 0 Å². The minimum atomic E-state index is -0.935. The van der Waals surface area contributed by atoms with E-state index < -0.39 is 18.1 Å². The lowest BCUT2D eigenvalue weighted by Gasteiger charge is -2.20. The molecule has 0 radical (unpaired) electrons. The number of fused-ring (bicyclic) bond motifs is 1. The van der Waals surface area contributed by atoms with Crippen LogP contribution in [0.1, 0.15) is 12.0 Å². The molecule has 0 unspecified atom stereocenters. The second-order valence-electron chi connectivity index (χ2n) is 5.93. The number of thioether (sulfide) groups is 1. The van der Waals surface area contributed by atoms with E-state index in [9.17, 15) is 14.7 Å². The van der Waals surface area contributed by atoms with Crippen LogP contribution in [0.2, 0.25) is 0 Å². The number of carboxylic acid groups (broad SMARTS) is 1. The van der Waals surface area contributed by atoms with Gasteiger partial charge in [0.05, 0.1) is 11.7 Å². The quantitative estimate of drug-likeness (QED) is 0.742. The number of hydrogen-bond acceptors (Lipinski definition) is 4. The SMILES string of the molecule is O=C(O)[C@H](CCc1ccccc1)N[C@H]1CSc2ccccc2NC1=O. The number of aliphatic carboxylic acids is 1. The minimum Gasteiger partial charge on any atom is -0.480 e. The highest BCUT2D eigenvalue weighted by Gasteiger charge is 2.28. The van der Waals surface area contributed by atoms with Gasteiger partial charge in [0.1, 0.15) is 6.04 Å². The highest BCUT2D eigenvalue weighted by Crippen LogP contribution is 2.30. The van der Waals surface area contributed by atoms with Crippen molar-refractivity contribution in [2.24, 2.45) is 0 Å². The molecule has 0 saturated heterocycles. The number of carboxylic acids is 1. The summed E-state index contributed by atoms with van der Waals surface area (Å²) >= 11 is 1.55. The van der Waals surface area contributed by atoms with E-state index >= 15 is 0 Å². The molecular weight excluding hydrogens is 336 g/mol. The van der Waals surface area contributed by atoms with Crippen LogP contribution in [0.15, 0.2) is 59.5 Å². The van der Waals surface area contributed by atoms with Crippen LogP contribution in [0.25, 0.3) is 0 Å². The zero-order chi connectivity index (χ0) is 17.6. The molecule has 2 atom stereocenters. The van der Waals surface area contributed by atoms with Crippen molar-refractivity contribution in [2.45, 2.75) is 29.8 Å². The Morgan fingerprint density at radius 1 is 1.20 bits per heavy atom. The molecule has 130 valence electrons. The second kappa shape index (κ2) is 8.18. The number of anilines is 1. The first-order valence-corrected chi connectivity index (χ1v) is 9.17. The Hall–Kier alpha value is -2.31. The lowest BCUT2D eigenvalue weighted by molar-refractivity contribution is -0.140. The molecule has 0 spiro atoms. The van der Waals surface area contributed by atoms with Gasteiger partial charge in [-0.3, -0.25) is 14.9 Å². The highest BCUT2D eigenvalue weighted by atomic mass is 32.2. The third kappa shape index (κ3) is 4.61. The van der Waals surface area contributed by atoms with Crippen molar-refractivity contribution in [3.05, 3.63) is 60.2 Å². The van der Waals surface area contributed by atoms with Crippen LogP contribution >= 0.6 is 11.8 Å². The lowest BCUT2D eigenvalue weighted by Crippen LogP contribution is -2.50. The number of para-hydroxylation sites is 1. The Kier molecular flexibility index (Phi) is 5.73. The summed E-state index contributed by atoms with van der Waals surface area (Å²) in [5, 5.41) is 15.4. The third-order valence-corrected chi connectivity index (χ3v) is 5.30. The molecule has 0 saturated carbocycles. The highest BCUT2D eigenvalue weighted by molar-refractivity contribution is 7.99. The maximum absolute atomic E-state index is 12.4. The summed E-state index contributed by atoms with van der Waals surface area (Å²) < 4.78 is 0. The molecule has 5 nitrogen and oxygen atoms in total. The van der Waals surface area contributed by atoms with Gasteiger partial charge in [0, 0.05) is 10.6 Å². The van der Waals surface area contributed by atoms with Crippen molar-refractivity contribution in [3.63, 3.8) is 0 Å². The zero-order valence-electron chi connectivity index (χ0n) is 13.6. The van der Waals surface area contributed by atoms with Crippen molar-refractivity contribution in [1.29, 1.82) is 0 Å². The van der Waals surface area contributed by atoms with Gasteiger partial charge in [-0.1, -0.05) is 42.5 Å². The van der Waals surface area contributed by atoms with Crippen LogP contribution in [0.4, 0.5) is 5.69 Å². The molecule has 3 N–H and O–H groups in total. The van der Waals surface area contributed by atoms with Crippen LogP contribution < -0.4 is 10.6 Å². The summed E-state index contributed by atoms with van der Waals surface area (Å²) in [5.74, 6) is -0.628. The number of amides is 1. The summed E-state index contributed by atoms with van der Waals surface area (Å²) in [6.45, 7) is 0. The Balaban J connectivity index is 1.64. The van der Waals surface area contributed by atoms with E-state index in [2.05, 4.69) is 10.6 Å². The third-order valence-electron chi connectivity index (χ3n) is 4.13. The van der Waals surface area contributed by atoms with Gasteiger partial charge in [0.15, 0.2) is 0 Å². The predicted molar refractivity (Wildman–Crippen MR) is 98.9 cm³/mol. The van der Waals surface area contributed by atoms with E-state index in [0.717, 1.165) is 16.1 Å². The van der Waals surface area contributed by atoms with E-state index in [1.807, 2.05) is 54.6 Å². The molecule has 1 heterocycles. The van der Waals surface area contributed by atoms with Crippen LogP contribution in [0.3, 0.4) is 0 Å². The smallest absolute Gasteiger partial charge is 0.320 e. The van der Waals surface area contributed by atoms with Crippen molar-refractivity contribution >= 4 is 29.3 Å². The standard InChI is InChI=1S/C19H20N2O3S/c22-18-16(12-25-17-9-5-4-8-14(17)21-18)20-15(19(23)24)11-10-13-6-2-1-3-7-13/h1-9,15-16,20H,10-12H2,(H,21,22)(H,23,24)/t15-,16-/m0/s1. The molecule has 1 aliphatic heterocycles. The average molecular weight is 356 g/mol. The average Bonchev–Trinajstić information content (AvgIpc) is 2.78. The Morgan fingerprint density at radius 2 is 1.92 bits per heavy atom. The molecule has 0 aromatic heterocycles. The van der Waals surface area contributed by atoms with Crippen LogP contribution in [-0.4, -0.2) is 34.8 Å². The first-order chi connectivity index (χ1) is 12.1. The molecule has 2 aromatic rings. The summed E-state index contributed by atoms with van der Waals surface area (Å²) in [6.07, 6.45) is 1.08. The minimum absolute atomic E-state index is 0.191. The summed E-state index contributed by atoms with van der Waals surface area (Å²) in [7, 11) is 0. The zero-order valence-corrected chi connectivity index (χ0v) is 14.5. The van der Waals surface area contributed by atoms with Gasteiger partial charge in [0.25, 0.3) is 0 Å². The molecule has 6 heteroatoms. The lowest BCUT2D eigenvalue weighted by atomic mass is 10.0. The Morgan fingerprint density at radius 3 is 2.68 bits per heavy atom. The van der Waals surface area contributed by atoms with Crippen molar-refractivity contribution in [1.82, 2.24) is 5.32 Å². The number of nitrogens with one attached hydrogen (secondary N) is 2. The maximum atomic E-state index is 12.4. The van der Waals surface area contributed by atoms with Crippen LogP contribution in [0, 0.1) is 0 Å². The number of rotatable bonds is 6. The van der Waals surface area contributed by atoms with E-state index in [1.165, 1.54) is 0 Å². The molecule has 1 amide bonds. The Bertz CT molecular complexity index is 751. The predicted octanol–water partition coefficient (Wildman–Crippen LogP) is 2.78. The monoisotopic (exact) mass is 356 g/mol. The number of benzene rings is 2. The van der Waals surface area contributed by atoms with Crippen molar-refractivity contribution in [3.8, 4) is 0 Å². The topological polar surface area (TPSA) is 78.4 Å². The summed E-state index contributed by atoms with van der Waals surface area (Å²) in [6, 6.07) is 16.0. The van der Waals surface area contributed by atoms with Gasteiger partial charge in [-0.15, -0.1) is 11.8 Å². The number of aryl methyl sites for hydroxylation is 1. The van der Waals surface area contributed by atoms with Crippen molar-refractivity contribution < 1.29 is 14.7 Å². The van der Waals surface area contributed by atoms with Gasteiger partial charge in [-0.05, 0) is 30.5 Å². The molecule has 25 heavy (non-hydrogen) atoms. The first kappa shape index (κ1) is 17.5. The normalized spacial score (nSPS) is 17.9. The largest absolute Gasteiger partial charge is 0.480 e. The summed E-state index contributed by atoms with van der Waals surface area (Å²) in [5.41, 5.74) is 1.86. The van der Waals surface area contributed by atoms with Crippen LogP contribution in [-0.2, 0) is 16.0 Å². The molecule has 0 aliphatic carbocycles. The van der Waals surface area contributed by atoms with Gasteiger partial charge in [-0.25, -0.2) is 0 Å². The second-order valence-corrected chi connectivity index (χ2v) is 6.99. The molecular formula is C19H20N2O3S. The van der Waals surface area contributed by atoms with E-state index in [4.69, 9.17) is 0 Å². The van der Waals surface area contributed by atoms with E-state index in [-0.39, 0.29) is 5.91 Å². The molecule has 1 aliphatic rings. The van der Waals surface area contributed by atoms with Gasteiger partial charge >= 0.3 is 5.97 Å². The maximum Gasteiger partial charge on any atom is 0.320 e. The van der Waals surface area contributed by atoms with E-state index in [0.29, 0.717) is 18.6 Å². The first-order valence-electron chi connectivity index (χ1n) is 8.19. The fourth-order valence-electron chi connectivity index (χ4n) is 2.76. The number of carbonyl (C=O) groups excluding carboxylic acids is 1. The molecule has 0 bridgehead atoms. The van der Waals surface area contributed by atoms with Gasteiger partial charge in [-0.2, -0.15) is 0 Å². The van der Waals surface area contributed by atoms with Gasteiger partial charge in [0.2, 0.25) is 5.91 Å². The molecule has 0 fully saturated rings. The molecule has 2 aromatic carbocycles. The molecule has 3 rings (SSSR count). The van der Waals surface area contributed by atoms with Crippen molar-refractivity contribution in [2.75, 3.05) is 11.1 Å². The number of carbonyl (C=O) groups is 2. The fraction of sp³-hybridized carbons (Fsp3) is 0.263. The summed E-state index contributed by atoms with van der Waals surface area (Å²) in [4.78, 5) is 25.0.